The zero-order valence-corrected chi connectivity index (χ0v) is 10.3. The van der Waals surface area contributed by atoms with Crippen molar-refractivity contribution in [3.63, 3.8) is 0 Å². The first-order valence-corrected chi connectivity index (χ1v) is 5.96. The second-order valence-corrected chi connectivity index (χ2v) is 4.45. The van der Waals surface area contributed by atoms with Gasteiger partial charge in [0.2, 0.25) is 0 Å². The second-order valence-electron chi connectivity index (χ2n) is 4.45. The monoisotopic (exact) mass is 251 g/mol. The fraction of sp³-hybridized carbons (Fsp3) is 0.462. The third-order valence-electron chi connectivity index (χ3n) is 3.21. The van der Waals surface area contributed by atoms with Crippen LogP contribution in [0.5, 0.6) is 11.5 Å². The number of rotatable bonds is 2. The molecule has 1 aromatic carbocycles. The number of methoxy groups -OCH3 is 1. The SMILES string of the molecule is COC1CCCN(C(=O)c2ccc(O)cc2O)C1. The lowest BCUT2D eigenvalue weighted by molar-refractivity contribution is 0.0267. The van der Waals surface area contributed by atoms with Crippen LogP contribution in [0.15, 0.2) is 18.2 Å². The number of piperidine rings is 1. The molecule has 2 rings (SSSR count). The molecule has 2 N–H and O–H groups in total. The van der Waals surface area contributed by atoms with Crippen LogP contribution in [0.3, 0.4) is 0 Å². The fourth-order valence-corrected chi connectivity index (χ4v) is 2.19. The van der Waals surface area contributed by atoms with Crippen LogP contribution in [0.2, 0.25) is 0 Å². The minimum absolute atomic E-state index is 0.0574. The van der Waals surface area contributed by atoms with Crippen molar-refractivity contribution in [3.8, 4) is 11.5 Å². The molecule has 1 aromatic rings. The molecule has 0 bridgehead atoms. The van der Waals surface area contributed by atoms with Gasteiger partial charge in [-0.15, -0.1) is 0 Å². The van der Waals surface area contributed by atoms with Gasteiger partial charge in [-0.1, -0.05) is 0 Å². The molecule has 0 spiro atoms. The van der Waals surface area contributed by atoms with Crippen molar-refractivity contribution in [2.75, 3.05) is 20.2 Å². The van der Waals surface area contributed by atoms with Crippen LogP contribution < -0.4 is 0 Å². The number of aromatic hydroxyl groups is 2. The summed E-state index contributed by atoms with van der Waals surface area (Å²) in [4.78, 5) is 13.9. The molecule has 1 fully saturated rings. The quantitative estimate of drug-likeness (QED) is 0.832. The van der Waals surface area contributed by atoms with E-state index in [-0.39, 0.29) is 29.1 Å². The van der Waals surface area contributed by atoms with E-state index in [9.17, 15) is 15.0 Å². The number of likely N-dealkylation sites (tertiary alicyclic amines) is 1. The molecule has 5 heteroatoms. The summed E-state index contributed by atoms with van der Waals surface area (Å²) in [6.07, 6.45) is 1.90. The van der Waals surface area contributed by atoms with Crippen molar-refractivity contribution in [2.45, 2.75) is 18.9 Å². The minimum atomic E-state index is -0.228. The van der Waals surface area contributed by atoms with Gasteiger partial charge in [0, 0.05) is 26.3 Å². The van der Waals surface area contributed by atoms with E-state index >= 15 is 0 Å². The van der Waals surface area contributed by atoms with E-state index in [0.717, 1.165) is 12.8 Å². The number of benzene rings is 1. The van der Waals surface area contributed by atoms with Crippen molar-refractivity contribution < 1.29 is 19.7 Å². The number of nitrogens with zero attached hydrogens (tertiary/aromatic N) is 1. The van der Waals surface area contributed by atoms with Crippen LogP contribution in [-0.2, 0) is 4.74 Å². The van der Waals surface area contributed by atoms with Gasteiger partial charge in [-0.05, 0) is 25.0 Å². The Morgan fingerprint density at radius 1 is 1.44 bits per heavy atom. The topological polar surface area (TPSA) is 70.0 Å². The van der Waals surface area contributed by atoms with E-state index in [4.69, 9.17) is 4.74 Å². The van der Waals surface area contributed by atoms with Gasteiger partial charge in [0.05, 0.1) is 11.7 Å². The van der Waals surface area contributed by atoms with Gasteiger partial charge in [0.1, 0.15) is 11.5 Å². The zero-order valence-electron chi connectivity index (χ0n) is 10.3. The van der Waals surface area contributed by atoms with Gasteiger partial charge < -0.3 is 19.8 Å². The molecule has 18 heavy (non-hydrogen) atoms. The van der Waals surface area contributed by atoms with E-state index in [2.05, 4.69) is 0 Å². The highest BCUT2D eigenvalue weighted by Gasteiger charge is 2.25. The average molecular weight is 251 g/mol. The number of ether oxygens (including phenoxy) is 1. The van der Waals surface area contributed by atoms with Crippen LogP contribution in [-0.4, -0.2) is 47.3 Å². The van der Waals surface area contributed by atoms with Gasteiger partial charge in [-0.3, -0.25) is 4.79 Å². The Morgan fingerprint density at radius 3 is 2.89 bits per heavy atom. The molecule has 1 saturated heterocycles. The van der Waals surface area contributed by atoms with Crippen LogP contribution in [0, 0.1) is 0 Å². The van der Waals surface area contributed by atoms with Crippen molar-refractivity contribution >= 4 is 5.91 Å². The first-order valence-electron chi connectivity index (χ1n) is 5.96. The lowest BCUT2D eigenvalue weighted by Gasteiger charge is -2.32. The molecular formula is C13H17NO4. The largest absolute Gasteiger partial charge is 0.508 e. The first kappa shape index (κ1) is 12.7. The Hall–Kier alpha value is -1.75. The number of phenolic OH excluding ortho intramolecular Hbond substituents is 2. The first-order chi connectivity index (χ1) is 8.61. The number of phenols is 2. The normalized spacial score (nSPS) is 19.8. The fourth-order valence-electron chi connectivity index (χ4n) is 2.19. The van der Waals surface area contributed by atoms with Crippen molar-refractivity contribution in [1.82, 2.24) is 4.90 Å². The van der Waals surface area contributed by atoms with E-state index < -0.39 is 0 Å². The highest BCUT2D eigenvalue weighted by atomic mass is 16.5. The molecule has 1 atom stereocenters. The molecule has 1 unspecified atom stereocenters. The summed E-state index contributed by atoms with van der Waals surface area (Å²) in [6.45, 7) is 1.20. The van der Waals surface area contributed by atoms with Crippen LogP contribution in [0.4, 0.5) is 0 Å². The molecule has 0 saturated carbocycles. The van der Waals surface area contributed by atoms with E-state index in [1.54, 1.807) is 12.0 Å². The maximum absolute atomic E-state index is 12.2. The van der Waals surface area contributed by atoms with Crippen molar-refractivity contribution in [1.29, 1.82) is 0 Å². The Kier molecular flexibility index (Phi) is 3.72. The highest BCUT2D eigenvalue weighted by molar-refractivity contribution is 5.97. The smallest absolute Gasteiger partial charge is 0.257 e. The molecule has 5 nitrogen and oxygen atoms in total. The molecule has 1 aliphatic heterocycles. The molecule has 98 valence electrons. The summed E-state index contributed by atoms with van der Waals surface area (Å²) in [6, 6.07) is 4.00. The van der Waals surface area contributed by atoms with Gasteiger partial charge in [-0.25, -0.2) is 0 Å². The highest BCUT2D eigenvalue weighted by Crippen LogP contribution is 2.25. The summed E-state index contributed by atoms with van der Waals surface area (Å²) in [5.74, 6) is -0.480. The Labute approximate surface area is 106 Å². The zero-order chi connectivity index (χ0) is 13.1. The maximum atomic E-state index is 12.2. The summed E-state index contributed by atoms with van der Waals surface area (Å²) in [7, 11) is 1.64. The molecule has 0 aromatic heterocycles. The van der Waals surface area contributed by atoms with Crippen molar-refractivity contribution in [3.05, 3.63) is 23.8 Å². The molecule has 0 radical (unpaired) electrons. The van der Waals surface area contributed by atoms with Crippen LogP contribution >= 0.6 is 0 Å². The van der Waals surface area contributed by atoms with Gasteiger partial charge in [0.15, 0.2) is 0 Å². The molecule has 1 aliphatic rings. The van der Waals surface area contributed by atoms with E-state index in [0.29, 0.717) is 13.1 Å². The summed E-state index contributed by atoms with van der Waals surface area (Å²) in [5.41, 5.74) is 0.213. The predicted octanol–water partition coefficient (Wildman–Crippen LogP) is 1.35. The predicted molar refractivity (Wildman–Crippen MR) is 65.7 cm³/mol. The van der Waals surface area contributed by atoms with Crippen LogP contribution in [0.25, 0.3) is 0 Å². The summed E-state index contributed by atoms with van der Waals surface area (Å²) < 4.78 is 5.26. The number of hydrogen-bond donors (Lipinski definition) is 2. The molecular weight excluding hydrogens is 234 g/mol. The lowest BCUT2D eigenvalue weighted by Crippen LogP contribution is -2.42. The van der Waals surface area contributed by atoms with Gasteiger partial charge >= 0.3 is 0 Å². The van der Waals surface area contributed by atoms with Gasteiger partial charge in [0.25, 0.3) is 5.91 Å². The average Bonchev–Trinajstić information content (AvgIpc) is 2.38. The number of amides is 1. The van der Waals surface area contributed by atoms with Crippen LogP contribution in [0.1, 0.15) is 23.2 Å². The third-order valence-corrected chi connectivity index (χ3v) is 3.21. The lowest BCUT2D eigenvalue weighted by atomic mass is 10.1. The molecule has 1 heterocycles. The minimum Gasteiger partial charge on any atom is -0.508 e. The third kappa shape index (κ3) is 2.56. The Bertz CT molecular complexity index is 447. The van der Waals surface area contributed by atoms with Gasteiger partial charge in [-0.2, -0.15) is 0 Å². The number of carbonyl (C=O) groups is 1. The van der Waals surface area contributed by atoms with E-state index in [1.165, 1.54) is 18.2 Å². The second kappa shape index (κ2) is 5.27. The Morgan fingerprint density at radius 2 is 2.22 bits per heavy atom. The van der Waals surface area contributed by atoms with E-state index in [1.807, 2.05) is 0 Å². The number of hydrogen-bond acceptors (Lipinski definition) is 4. The number of carbonyl (C=O) groups excluding carboxylic acids is 1. The summed E-state index contributed by atoms with van der Waals surface area (Å²) >= 11 is 0. The van der Waals surface area contributed by atoms with Crippen molar-refractivity contribution in [2.24, 2.45) is 0 Å². The Balaban J connectivity index is 2.15. The molecule has 1 amide bonds. The maximum Gasteiger partial charge on any atom is 0.257 e. The summed E-state index contributed by atoms with van der Waals surface area (Å²) in [5, 5.41) is 18.9. The standard InChI is InChI=1S/C13H17NO4/c1-18-10-3-2-6-14(8-10)13(17)11-5-4-9(15)7-12(11)16/h4-5,7,10,15-16H,2-3,6,8H2,1H3. The molecule has 0 aliphatic carbocycles.